The fraction of sp³-hybridized carbons (Fsp3) is 0.300. The number of carbonyl (C=O) groups is 2. The van der Waals surface area contributed by atoms with Crippen molar-refractivity contribution in [3.63, 3.8) is 0 Å². The molecular formula is C20H20BrFN2O3. The Morgan fingerprint density at radius 1 is 1.11 bits per heavy atom. The summed E-state index contributed by atoms with van der Waals surface area (Å²) in [6.45, 7) is 1.10. The van der Waals surface area contributed by atoms with E-state index in [0.29, 0.717) is 15.7 Å². The minimum Gasteiger partial charge on any atom is -0.481 e. The Hall–Kier alpha value is -2.41. The highest BCUT2D eigenvalue weighted by molar-refractivity contribution is 9.10. The van der Waals surface area contributed by atoms with Crippen molar-refractivity contribution in [2.24, 2.45) is 0 Å². The van der Waals surface area contributed by atoms with Crippen LogP contribution in [0.2, 0.25) is 0 Å². The summed E-state index contributed by atoms with van der Waals surface area (Å²) in [5.41, 5.74) is 0.875. The topological polar surface area (TPSA) is 58.6 Å². The molecule has 1 aliphatic rings. The molecule has 0 saturated carbocycles. The summed E-state index contributed by atoms with van der Waals surface area (Å²) in [7, 11) is 0. The largest absolute Gasteiger partial charge is 0.481 e. The Kier molecular flexibility index (Phi) is 6.45. The number of anilines is 1. The minimum absolute atomic E-state index is 0.00831. The van der Waals surface area contributed by atoms with Gasteiger partial charge in [-0.05, 0) is 49.6 Å². The monoisotopic (exact) mass is 434 g/mol. The maximum absolute atomic E-state index is 13.8. The molecule has 3 rings (SSSR count). The van der Waals surface area contributed by atoms with Crippen molar-refractivity contribution < 1.29 is 18.7 Å². The van der Waals surface area contributed by atoms with Gasteiger partial charge in [-0.3, -0.25) is 9.59 Å². The molecule has 0 radical (unpaired) electrons. The van der Waals surface area contributed by atoms with Gasteiger partial charge in [0.2, 0.25) is 0 Å². The third-order valence-corrected chi connectivity index (χ3v) is 4.82. The van der Waals surface area contributed by atoms with Gasteiger partial charge in [0.15, 0.2) is 18.2 Å². The molecule has 0 spiro atoms. The van der Waals surface area contributed by atoms with Gasteiger partial charge in [0, 0.05) is 17.6 Å². The highest BCUT2D eigenvalue weighted by Gasteiger charge is 2.21. The van der Waals surface area contributed by atoms with Crippen molar-refractivity contribution in [2.75, 3.05) is 25.0 Å². The van der Waals surface area contributed by atoms with E-state index in [1.165, 1.54) is 12.1 Å². The van der Waals surface area contributed by atoms with Gasteiger partial charge in [-0.15, -0.1) is 0 Å². The van der Waals surface area contributed by atoms with Crippen LogP contribution in [0.25, 0.3) is 0 Å². The van der Waals surface area contributed by atoms with Gasteiger partial charge in [0.05, 0.1) is 11.3 Å². The molecule has 2 aromatic rings. The molecule has 27 heavy (non-hydrogen) atoms. The van der Waals surface area contributed by atoms with E-state index in [4.69, 9.17) is 4.74 Å². The fourth-order valence-corrected chi connectivity index (χ4v) is 3.30. The van der Waals surface area contributed by atoms with Crippen LogP contribution in [0.1, 0.15) is 29.6 Å². The molecule has 0 unspecified atom stereocenters. The van der Waals surface area contributed by atoms with Gasteiger partial charge in [0.1, 0.15) is 0 Å². The van der Waals surface area contributed by atoms with Gasteiger partial charge in [-0.1, -0.05) is 28.1 Å². The summed E-state index contributed by atoms with van der Waals surface area (Å²) < 4.78 is 19.6. The van der Waals surface area contributed by atoms with Gasteiger partial charge in [0.25, 0.3) is 11.8 Å². The quantitative estimate of drug-likeness (QED) is 0.765. The zero-order valence-electron chi connectivity index (χ0n) is 14.7. The number of hydrogen-bond acceptors (Lipinski definition) is 3. The van der Waals surface area contributed by atoms with Gasteiger partial charge in [-0.25, -0.2) is 4.39 Å². The van der Waals surface area contributed by atoms with Crippen molar-refractivity contribution in [3.8, 4) is 5.75 Å². The number of piperidine rings is 1. The summed E-state index contributed by atoms with van der Waals surface area (Å²) in [4.78, 5) is 26.8. The second kappa shape index (κ2) is 8.99. The number of likely N-dealkylation sites (tertiary alicyclic amines) is 1. The van der Waals surface area contributed by atoms with Crippen LogP contribution in [0.5, 0.6) is 5.75 Å². The first-order chi connectivity index (χ1) is 13.0. The fourth-order valence-electron chi connectivity index (χ4n) is 2.97. The van der Waals surface area contributed by atoms with Crippen LogP contribution in [0.4, 0.5) is 10.1 Å². The van der Waals surface area contributed by atoms with Crippen LogP contribution in [0.3, 0.4) is 0 Å². The molecular weight excluding hydrogens is 415 g/mol. The third-order valence-electron chi connectivity index (χ3n) is 4.33. The average Bonchev–Trinajstić information content (AvgIpc) is 2.68. The maximum Gasteiger partial charge on any atom is 0.262 e. The van der Waals surface area contributed by atoms with Crippen molar-refractivity contribution >= 4 is 33.4 Å². The first kappa shape index (κ1) is 19.4. The molecule has 1 saturated heterocycles. The molecule has 5 nitrogen and oxygen atoms in total. The first-order valence-electron chi connectivity index (χ1n) is 8.80. The molecule has 0 aliphatic carbocycles. The number of amides is 2. The van der Waals surface area contributed by atoms with Gasteiger partial charge in [-0.2, -0.15) is 0 Å². The highest BCUT2D eigenvalue weighted by atomic mass is 79.9. The summed E-state index contributed by atoms with van der Waals surface area (Å²) in [6.07, 6.45) is 3.12. The number of rotatable bonds is 5. The molecule has 1 fully saturated rings. The van der Waals surface area contributed by atoms with Crippen molar-refractivity contribution in [1.82, 2.24) is 4.90 Å². The molecule has 142 valence electrons. The van der Waals surface area contributed by atoms with Gasteiger partial charge < -0.3 is 15.0 Å². The van der Waals surface area contributed by atoms with E-state index < -0.39 is 11.7 Å². The van der Waals surface area contributed by atoms with E-state index in [2.05, 4.69) is 21.2 Å². The Balaban J connectivity index is 1.64. The number of benzene rings is 2. The molecule has 2 aromatic carbocycles. The van der Waals surface area contributed by atoms with Crippen LogP contribution >= 0.6 is 15.9 Å². The zero-order chi connectivity index (χ0) is 19.2. The lowest BCUT2D eigenvalue weighted by atomic mass is 10.1. The second-order valence-electron chi connectivity index (χ2n) is 6.31. The summed E-state index contributed by atoms with van der Waals surface area (Å²) in [5, 5.41) is 2.69. The Morgan fingerprint density at radius 3 is 2.59 bits per heavy atom. The Morgan fingerprint density at radius 2 is 1.85 bits per heavy atom. The van der Waals surface area contributed by atoms with Crippen molar-refractivity contribution in [2.45, 2.75) is 19.3 Å². The predicted molar refractivity (Wildman–Crippen MR) is 104 cm³/mol. The molecule has 1 aliphatic heterocycles. The van der Waals surface area contributed by atoms with E-state index in [9.17, 15) is 14.0 Å². The van der Waals surface area contributed by atoms with Crippen LogP contribution in [-0.2, 0) is 4.79 Å². The SMILES string of the molecule is O=C(COc1ccc(Br)cc1F)Nc1ccccc1C(=O)N1CCCCC1. The molecule has 7 heteroatoms. The lowest BCUT2D eigenvalue weighted by molar-refractivity contribution is -0.118. The molecule has 1 heterocycles. The van der Waals surface area contributed by atoms with Crippen LogP contribution in [0.15, 0.2) is 46.9 Å². The maximum atomic E-state index is 13.8. The molecule has 1 N–H and O–H groups in total. The number of carbonyl (C=O) groups excluding carboxylic acids is 2. The lowest BCUT2D eigenvalue weighted by Gasteiger charge is -2.27. The summed E-state index contributed by atoms with van der Waals surface area (Å²) >= 11 is 3.16. The van der Waals surface area contributed by atoms with Crippen LogP contribution in [-0.4, -0.2) is 36.4 Å². The minimum atomic E-state index is -0.558. The van der Waals surface area contributed by atoms with Crippen LogP contribution in [0, 0.1) is 5.82 Å². The summed E-state index contributed by atoms with van der Waals surface area (Å²) in [6, 6.07) is 11.2. The van der Waals surface area contributed by atoms with E-state index in [0.717, 1.165) is 32.4 Å². The number of nitrogens with one attached hydrogen (secondary N) is 1. The number of ether oxygens (including phenoxy) is 1. The molecule has 0 atom stereocenters. The van der Waals surface area contributed by atoms with Gasteiger partial charge >= 0.3 is 0 Å². The second-order valence-corrected chi connectivity index (χ2v) is 7.23. The molecule has 0 bridgehead atoms. The van der Waals surface area contributed by atoms with Crippen LogP contribution < -0.4 is 10.1 Å². The zero-order valence-corrected chi connectivity index (χ0v) is 16.3. The predicted octanol–water partition coefficient (Wildman–Crippen LogP) is 4.23. The molecule has 2 amide bonds. The Labute approximate surface area is 165 Å². The standard InChI is InChI=1S/C20H20BrFN2O3/c21-14-8-9-18(16(22)12-14)27-13-19(25)23-17-7-3-2-6-15(17)20(26)24-10-4-1-5-11-24/h2-3,6-9,12H,1,4-5,10-11,13H2,(H,23,25). The summed E-state index contributed by atoms with van der Waals surface area (Å²) in [5.74, 6) is -1.12. The Bertz CT molecular complexity index is 838. The van der Waals surface area contributed by atoms with E-state index in [1.807, 2.05) is 4.90 Å². The van der Waals surface area contributed by atoms with E-state index >= 15 is 0 Å². The number of hydrogen-bond donors (Lipinski definition) is 1. The third kappa shape index (κ3) is 5.07. The van der Waals surface area contributed by atoms with Crippen molar-refractivity contribution in [1.29, 1.82) is 0 Å². The molecule has 0 aromatic heterocycles. The first-order valence-corrected chi connectivity index (χ1v) is 9.60. The number of halogens is 2. The smallest absolute Gasteiger partial charge is 0.262 e. The van der Waals surface area contributed by atoms with E-state index in [1.54, 1.807) is 30.3 Å². The average molecular weight is 435 g/mol. The van der Waals surface area contributed by atoms with Crippen molar-refractivity contribution in [3.05, 3.63) is 58.3 Å². The number of nitrogens with zero attached hydrogens (tertiary/aromatic N) is 1. The lowest BCUT2D eigenvalue weighted by Crippen LogP contribution is -2.36. The van der Waals surface area contributed by atoms with E-state index in [-0.39, 0.29) is 18.3 Å². The number of para-hydroxylation sites is 1. The normalized spacial score (nSPS) is 13.9. The highest BCUT2D eigenvalue weighted by Crippen LogP contribution is 2.22.